The van der Waals surface area contributed by atoms with E-state index in [9.17, 15) is 4.79 Å². The zero-order valence-electron chi connectivity index (χ0n) is 11.8. The second-order valence-corrected chi connectivity index (χ2v) is 6.86. The van der Waals surface area contributed by atoms with Crippen LogP contribution in [-0.2, 0) is 0 Å². The maximum absolute atomic E-state index is 12.2. The van der Waals surface area contributed by atoms with Gasteiger partial charge in [-0.15, -0.1) is 11.3 Å². The van der Waals surface area contributed by atoms with Crippen LogP contribution in [0.5, 0.6) is 0 Å². The summed E-state index contributed by atoms with van der Waals surface area (Å²) in [6.07, 6.45) is 0. The highest BCUT2D eigenvalue weighted by Crippen LogP contribution is 2.33. The van der Waals surface area contributed by atoms with Gasteiger partial charge < -0.3 is 10.6 Å². The molecule has 110 valence electrons. The van der Waals surface area contributed by atoms with Crippen LogP contribution in [0.4, 0.5) is 0 Å². The van der Waals surface area contributed by atoms with Gasteiger partial charge in [0.25, 0.3) is 5.91 Å². The Hall–Kier alpha value is -1.36. The van der Waals surface area contributed by atoms with E-state index >= 15 is 0 Å². The third-order valence-electron chi connectivity index (χ3n) is 3.65. The first-order valence-electron chi connectivity index (χ1n) is 6.99. The summed E-state index contributed by atoms with van der Waals surface area (Å²) in [5.41, 5.74) is 2.17. The summed E-state index contributed by atoms with van der Waals surface area (Å²) in [7, 11) is 0. The fourth-order valence-corrected chi connectivity index (χ4v) is 3.60. The molecule has 1 aliphatic heterocycles. The molecule has 0 aliphatic carbocycles. The van der Waals surface area contributed by atoms with Gasteiger partial charge in [0.15, 0.2) is 0 Å². The normalized spacial score (nSPS) is 14.8. The standard InChI is InChI=1S/C16H17ClN2OS/c1-10-5-14(16(20)19-9-11-7-18-8-11)21-15(10)12-3-2-4-13(17)6-12/h2-6,11,18H,7-9H2,1H3,(H,19,20). The van der Waals surface area contributed by atoms with Crippen LogP contribution in [0.3, 0.4) is 0 Å². The Bertz CT molecular complexity index is 664. The van der Waals surface area contributed by atoms with E-state index in [4.69, 9.17) is 11.6 Å². The first-order chi connectivity index (χ1) is 10.1. The van der Waals surface area contributed by atoms with Crippen molar-refractivity contribution >= 4 is 28.8 Å². The van der Waals surface area contributed by atoms with Gasteiger partial charge in [-0.3, -0.25) is 4.79 Å². The second-order valence-electron chi connectivity index (χ2n) is 5.37. The third kappa shape index (κ3) is 3.28. The lowest BCUT2D eigenvalue weighted by atomic mass is 10.0. The zero-order chi connectivity index (χ0) is 14.8. The van der Waals surface area contributed by atoms with Crippen molar-refractivity contribution in [3.05, 3.63) is 45.8 Å². The molecule has 2 N–H and O–H groups in total. The van der Waals surface area contributed by atoms with E-state index in [2.05, 4.69) is 10.6 Å². The summed E-state index contributed by atoms with van der Waals surface area (Å²) in [5.74, 6) is 0.589. The van der Waals surface area contributed by atoms with Crippen molar-refractivity contribution in [1.29, 1.82) is 0 Å². The van der Waals surface area contributed by atoms with Crippen molar-refractivity contribution in [2.45, 2.75) is 6.92 Å². The monoisotopic (exact) mass is 320 g/mol. The first kappa shape index (κ1) is 14.6. The molecule has 1 saturated heterocycles. The van der Waals surface area contributed by atoms with Gasteiger partial charge in [-0.1, -0.05) is 23.7 Å². The molecular weight excluding hydrogens is 304 g/mol. The predicted molar refractivity (Wildman–Crippen MR) is 88.2 cm³/mol. The lowest BCUT2D eigenvalue weighted by Crippen LogP contribution is -2.48. The number of hydrogen-bond acceptors (Lipinski definition) is 3. The SMILES string of the molecule is Cc1cc(C(=O)NCC2CNC2)sc1-c1cccc(Cl)c1. The van der Waals surface area contributed by atoms with Gasteiger partial charge in [0, 0.05) is 35.5 Å². The zero-order valence-corrected chi connectivity index (χ0v) is 13.4. The van der Waals surface area contributed by atoms with Crippen molar-refractivity contribution in [3.8, 4) is 10.4 Å². The number of rotatable bonds is 4. The summed E-state index contributed by atoms with van der Waals surface area (Å²) >= 11 is 7.56. The van der Waals surface area contributed by atoms with Crippen LogP contribution in [0.15, 0.2) is 30.3 Å². The molecule has 0 spiro atoms. The van der Waals surface area contributed by atoms with Crippen molar-refractivity contribution in [2.24, 2.45) is 5.92 Å². The van der Waals surface area contributed by atoms with E-state index < -0.39 is 0 Å². The number of carbonyl (C=O) groups is 1. The van der Waals surface area contributed by atoms with Crippen LogP contribution in [-0.4, -0.2) is 25.5 Å². The van der Waals surface area contributed by atoms with E-state index in [1.165, 1.54) is 11.3 Å². The van der Waals surface area contributed by atoms with Crippen LogP contribution in [0, 0.1) is 12.8 Å². The number of benzene rings is 1. The first-order valence-corrected chi connectivity index (χ1v) is 8.18. The van der Waals surface area contributed by atoms with Gasteiger partial charge in [-0.2, -0.15) is 0 Å². The summed E-state index contributed by atoms with van der Waals surface area (Å²) in [6.45, 7) is 4.77. The van der Waals surface area contributed by atoms with Crippen LogP contribution < -0.4 is 10.6 Å². The summed E-state index contributed by atoms with van der Waals surface area (Å²) in [5, 5.41) is 6.93. The molecule has 1 aromatic heterocycles. The Kier molecular flexibility index (Phi) is 4.29. The van der Waals surface area contributed by atoms with Crippen LogP contribution in [0.25, 0.3) is 10.4 Å². The fourth-order valence-electron chi connectivity index (χ4n) is 2.33. The largest absolute Gasteiger partial charge is 0.351 e. The minimum Gasteiger partial charge on any atom is -0.351 e. The van der Waals surface area contributed by atoms with Crippen LogP contribution in [0.1, 0.15) is 15.2 Å². The average Bonchev–Trinajstić information content (AvgIpc) is 2.79. The molecule has 5 heteroatoms. The van der Waals surface area contributed by atoms with Crippen molar-refractivity contribution in [2.75, 3.05) is 19.6 Å². The smallest absolute Gasteiger partial charge is 0.261 e. The summed E-state index contributed by atoms with van der Waals surface area (Å²) in [6, 6.07) is 9.69. The van der Waals surface area contributed by atoms with Gasteiger partial charge in [0.1, 0.15) is 0 Å². The maximum Gasteiger partial charge on any atom is 0.261 e. The van der Waals surface area contributed by atoms with Gasteiger partial charge in [-0.25, -0.2) is 0 Å². The molecule has 21 heavy (non-hydrogen) atoms. The fraction of sp³-hybridized carbons (Fsp3) is 0.312. The number of nitrogens with one attached hydrogen (secondary N) is 2. The Labute approximate surface area is 133 Å². The van der Waals surface area contributed by atoms with Gasteiger partial charge in [0.2, 0.25) is 0 Å². The lowest BCUT2D eigenvalue weighted by Gasteiger charge is -2.26. The molecule has 1 aromatic carbocycles. The molecule has 2 heterocycles. The molecule has 0 atom stereocenters. The summed E-state index contributed by atoms with van der Waals surface area (Å²) < 4.78 is 0. The maximum atomic E-state index is 12.2. The molecule has 1 amide bonds. The Morgan fingerprint density at radius 1 is 1.43 bits per heavy atom. The van der Waals surface area contributed by atoms with E-state index in [1.807, 2.05) is 37.3 Å². The van der Waals surface area contributed by atoms with Crippen molar-refractivity contribution in [1.82, 2.24) is 10.6 Å². The van der Waals surface area contributed by atoms with E-state index in [-0.39, 0.29) is 5.91 Å². The van der Waals surface area contributed by atoms with Crippen molar-refractivity contribution < 1.29 is 4.79 Å². The number of hydrogen-bond donors (Lipinski definition) is 2. The van der Waals surface area contributed by atoms with E-state index in [0.717, 1.165) is 40.5 Å². The minimum absolute atomic E-state index is 0.0169. The highest BCUT2D eigenvalue weighted by atomic mass is 35.5. The van der Waals surface area contributed by atoms with Crippen molar-refractivity contribution in [3.63, 3.8) is 0 Å². The number of thiophene rings is 1. The molecule has 0 unspecified atom stereocenters. The molecule has 0 saturated carbocycles. The van der Waals surface area contributed by atoms with Gasteiger partial charge in [0.05, 0.1) is 4.88 Å². The molecule has 3 nitrogen and oxygen atoms in total. The van der Waals surface area contributed by atoms with E-state index in [0.29, 0.717) is 10.9 Å². The molecule has 1 fully saturated rings. The number of carbonyl (C=O) groups excluding carboxylic acids is 1. The molecule has 1 aliphatic rings. The Balaban J connectivity index is 1.75. The second kappa shape index (κ2) is 6.18. The lowest BCUT2D eigenvalue weighted by molar-refractivity contribution is 0.0946. The average molecular weight is 321 g/mol. The van der Waals surface area contributed by atoms with Crippen LogP contribution in [0.2, 0.25) is 5.02 Å². The number of aryl methyl sites for hydroxylation is 1. The van der Waals surface area contributed by atoms with Gasteiger partial charge >= 0.3 is 0 Å². The molecule has 0 radical (unpaired) electrons. The minimum atomic E-state index is 0.0169. The molecular formula is C16H17ClN2OS. The Morgan fingerprint density at radius 2 is 2.24 bits per heavy atom. The number of amides is 1. The highest BCUT2D eigenvalue weighted by Gasteiger charge is 2.19. The highest BCUT2D eigenvalue weighted by molar-refractivity contribution is 7.17. The molecule has 3 rings (SSSR count). The quantitative estimate of drug-likeness (QED) is 0.907. The third-order valence-corrected chi connectivity index (χ3v) is 5.17. The molecule has 2 aromatic rings. The molecule has 0 bridgehead atoms. The Morgan fingerprint density at radius 3 is 2.90 bits per heavy atom. The van der Waals surface area contributed by atoms with E-state index in [1.54, 1.807) is 0 Å². The predicted octanol–water partition coefficient (Wildman–Crippen LogP) is 3.33. The topological polar surface area (TPSA) is 41.1 Å². The van der Waals surface area contributed by atoms with Crippen LogP contribution >= 0.6 is 22.9 Å². The number of halogens is 1. The van der Waals surface area contributed by atoms with Gasteiger partial charge in [-0.05, 0) is 36.2 Å². The summed E-state index contributed by atoms with van der Waals surface area (Å²) in [4.78, 5) is 14.1.